The molecule has 0 amide bonds. The van der Waals surface area contributed by atoms with Crippen LogP contribution in [-0.4, -0.2) is 206 Å². The highest BCUT2D eigenvalue weighted by molar-refractivity contribution is 8.26. The Hall–Kier alpha value is 1.88. The van der Waals surface area contributed by atoms with Gasteiger partial charge in [0.1, 0.15) is 0 Å². The van der Waals surface area contributed by atoms with Crippen molar-refractivity contribution in [2.24, 2.45) is 0 Å². The maximum atomic E-state index is 6.01. The number of rotatable bonds is 13. The van der Waals surface area contributed by atoms with Gasteiger partial charge in [-0.3, -0.25) is 7.74 Å². The monoisotopic (exact) mass is 319 g/mol. The molecule has 0 rings (SSSR count). The van der Waals surface area contributed by atoms with Crippen LogP contribution < -0.4 is 0 Å². The molecule has 0 aliphatic rings. The first kappa shape index (κ1) is 30.9. The van der Waals surface area contributed by atoms with Gasteiger partial charge in [0.15, 0.2) is 0 Å². The summed E-state index contributed by atoms with van der Waals surface area (Å²) in [6, 6.07) is 0. The molecule has 0 atom stereocenters. The van der Waals surface area contributed by atoms with E-state index >= 15 is 0 Å². The van der Waals surface area contributed by atoms with Gasteiger partial charge in [-0.1, -0.05) is 0 Å². The fourth-order valence-electron chi connectivity index (χ4n) is 4.36. The highest BCUT2D eigenvalue weighted by Crippen LogP contribution is 2.13. The Morgan fingerprint density at radius 1 is 0.310 bits per heavy atom. The molecule has 0 bridgehead atoms. The second kappa shape index (κ2) is 14.2. The van der Waals surface area contributed by atoms with Crippen molar-refractivity contribution in [1.82, 2.24) is 0 Å². The molecular formula is B29-. The van der Waals surface area contributed by atoms with Gasteiger partial charge in [-0.2, -0.15) is 6.39 Å². The van der Waals surface area contributed by atoms with Crippen molar-refractivity contribution < 1.29 is 0 Å². The van der Waals surface area contributed by atoms with Crippen molar-refractivity contribution in [3.63, 3.8) is 0 Å². The predicted molar refractivity (Wildman–Crippen MR) is 167 cm³/mol. The van der Waals surface area contributed by atoms with E-state index in [0.29, 0.717) is 0 Å². The van der Waals surface area contributed by atoms with Crippen LogP contribution in [-0.2, 0) is 0 Å². The van der Waals surface area contributed by atoms with Crippen LogP contribution in [0.1, 0.15) is 0 Å². The average molecular weight is 314 g/mol. The van der Waals surface area contributed by atoms with Gasteiger partial charge in [-0.15, -0.1) is 0 Å². The molecule has 0 aromatic rings. The minimum Gasteiger partial charge on any atom is -0.447 e. The molecule has 32 radical (unpaired) electrons. The molecule has 88 valence electrons. The van der Waals surface area contributed by atoms with E-state index in [1.54, 1.807) is 0 Å². The summed E-state index contributed by atoms with van der Waals surface area (Å²) in [5.41, 5.74) is 0. The molecule has 0 nitrogen and oxygen atoms in total. The van der Waals surface area contributed by atoms with Gasteiger partial charge >= 0.3 is 0 Å². The Labute approximate surface area is 205 Å². The fraction of sp³-hybridized carbons (Fsp3) is 0. The third-order valence-corrected chi connectivity index (χ3v) is 5.56. The lowest BCUT2D eigenvalue weighted by Crippen LogP contribution is -2.87. The van der Waals surface area contributed by atoms with Crippen molar-refractivity contribution >= 4 is 206 Å². The Morgan fingerprint density at radius 2 is 0.552 bits per heavy atom. The van der Waals surface area contributed by atoms with Gasteiger partial charge in [-0.25, -0.2) is 0 Å². The molecule has 29 heteroatoms. The largest absolute Gasteiger partial charge is 0.447 e. The Bertz CT molecular complexity index is 368. The first-order chi connectivity index (χ1) is 13.2. The summed E-state index contributed by atoms with van der Waals surface area (Å²) in [6.07, 6.45) is -11.9. The van der Waals surface area contributed by atoms with Crippen molar-refractivity contribution in [3.8, 4) is 0 Å². The van der Waals surface area contributed by atoms with E-state index in [1.165, 1.54) is 7.06 Å². The lowest BCUT2D eigenvalue weighted by molar-refractivity contribution is 3.26. The van der Waals surface area contributed by atoms with E-state index in [-0.39, 0.29) is 0 Å². The summed E-state index contributed by atoms with van der Waals surface area (Å²) < 4.78 is 0. The maximum Gasteiger partial charge on any atom is -0.0000000127 e. The quantitative estimate of drug-likeness (QED) is 0.296. The minimum atomic E-state index is -1.03. The summed E-state index contributed by atoms with van der Waals surface area (Å²) >= 11 is 0. The van der Waals surface area contributed by atoms with Crippen molar-refractivity contribution in [1.29, 1.82) is 0 Å². The number of hydrogen-bond acceptors (Lipinski definition) is 0. The molecular weight excluding hydrogens is 314 g/mol. The van der Waals surface area contributed by atoms with Gasteiger partial charge in [0.2, 0.25) is 0 Å². The molecule has 29 heavy (non-hydrogen) atoms. The van der Waals surface area contributed by atoms with Crippen LogP contribution in [0.5, 0.6) is 0 Å². The summed E-state index contributed by atoms with van der Waals surface area (Å²) in [5.74, 6) is 0. The van der Waals surface area contributed by atoms with E-state index in [4.69, 9.17) is 116 Å². The van der Waals surface area contributed by atoms with Crippen LogP contribution in [0.4, 0.5) is 0 Å². The second-order valence-corrected chi connectivity index (χ2v) is 7.70. The Morgan fingerprint density at radius 3 is 0.724 bits per heavy atom. The van der Waals surface area contributed by atoms with Gasteiger partial charge in [-0.05, 0) is 185 Å². The topological polar surface area (TPSA) is 0 Å². The molecule has 0 spiro atoms. The molecule has 0 heterocycles. The first-order valence-electron chi connectivity index (χ1n) is 9.33. The predicted octanol–water partition coefficient (Wildman–Crippen LogP) is -11.0. The third-order valence-electron chi connectivity index (χ3n) is 5.56. The van der Waals surface area contributed by atoms with Gasteiger partial charge in [0, 0.05) is 0 Å². The van der Waals surface area contributed by atoms with Crippen LogP contribution in [0, 0.1) is 0 Å². The fourth-order valence-corrected chi connectivity index (χ4v) is 4.36. The van der Waals surface area contributed by atoms with E-state index in [0.717, 1.165) is 0 Å². The average Bonchev–Trinajstić information content (AvgIpc) is 2.51. The summed E-state index contributed by atoms with van der Waals surface area (Å²) in [5, 5.41) is 0. The Kier molecular flexibility index (Phi) is 15.1. The van der Waals surface area contributed by atoms with Crippen molar-refractivity contribution in [2.45, 2.75) is 0 Å². The van der Waals surface area contributed by atoms with Crippen molar-refractivity contribution in [2.75, 3.05) is 0 Å². The zero-order valence-corrected chi connectivity index (χ0v) is 16.7. The molecule has 0 unspecified atom stereocenters. The van der Waals surface area contributed by atoms with Crippen LogP contribution in [0.3, 0.4) is 0 Å². The van der Waals surface area contributed by atoms with Gasteiger partial charge in [0.05, 0.1) is 0 Å². The zero-order valence-electron chi connectivity index (χ0n) is 16.7. The Balaban J connectivity index is 6.97. The SMILES string of the molecule is [B][B-]B(B([B])[B])B(B(B([B])[B])B([B])[B])B(B(B([B])[B])B([B])[B])B(B([B])[B])B([B])[B]. The number of hydrogen-bond donors (Lipinski definition) is 0. The lowest BCUT2D eigenvalue weighted by atomic mass is 8.32. The highest BCUT2D eigenvalue weighted by Gasteiger charge is 2.49. The molecule has 0 aromatic carbocycles. The summed E-state index contributed by atoms with van der Waals surface area (Å²) in [7, 11) is 91.2. The normalized spacial score (nSPS) is 9.52. The summed E-state index contributed by atoms with van der Waals surface area (Å²) in [4.78, 5) is 0. The smallest absolute Gasteiger partial charge is 0.0000000127 e. The first-order valence-corrected chi connectivity index (χ1v) is 9.33. The molecule has 0 fully saturated rings. The van der Waals surface area contributed by atoms with Crippen LogP contribution in [0.25, 0.3) is 0 Å². The van der Waals surface area contributed by atoms with Crippen LogP contribution in [0.15, 0.2) is 0 Å². The molecule has 0 aromatic heterocycles. The van der Waals surface area contributed by atoms with Gasteiger partial charge < -0.3 is 7.06 Å². The molecule has 0 saturated heterocycles. The van der Waals surface area contributed by atoms with E-state index < -0.39 is 83.0 Å². The van der Waals surface area contributed by atoms with Crippen LogP contribution >= 0.6 is 0 Å². The van der Waals surface area contributed by atoms with Crippen LogP contribution in [0.2, 0.25) is 0 Å². The van der Waals surface area contributed by atoms with Crippen molar-refractivity contribution in [3.05, 3.63) is 0 Å². The van der Waals surface area contributed by atoms with Gasteiger partial charge in [0.25, 0.3) is 0 Å². The van der Waals surface area contributed by atoms with E-state index in [2.05, 4.69) is 0 Å². The third kappa shape index (κ3) is 8.63. The zero-order chi connectivity index (χ0) is 23.2. The highest BCUT2D eigenvalue weighted by atomic mass is 13.3. The molecule has 0 aliphatic carbocycles. The van der Waals surface area contributed by atoms with E-state index in [9.17, 15) is 0 Å². The molecule has 0 saturated carbocycles. The molecule has 0 aliphatic heterocycles. The molecule has 0 N–H and O–H groups in total. The minimum absolute atomic E-state index is 0.741. The standard InChI is InChI=1S/B29/c1-16-24(17(2)3)28(25(18(4)5)19(6)7)29(26(20(8)9)21(10)11)27(22(12)13)23(14)15/q-1. The van der Waals surface area contributed by atoms with E-state index in [1.807, 2.05) is 0 Å². The summed E-state index contributed by atoms with van der Waals surface area (Å²) in [6.45, 7) is 0. The lowest BCUT2D eigenvalue weighted by Gasteiger charge is -2.54. The second-order valence-electron chi connectivity index (χ2n) is 7.70. The maximum absolute atomic E-state index is 6.01.